The third kappa shape index (κ3) is 4.09. The molecule has 3 heterocycles. The molecule has 12 heteroatoms. The van der Waals surface area contributed by atoms with E-state index in [1.54, 1.807) is 13.0 Å². The van der Waals surface area contributed by atoms with Crippen LogP contribution in [0.2, 0.25) is 0 Å². The number of carbonyl (C=O) groups excluding carboxylic acids is 2. The summed E-state index contributed by atoms with van der Waals surface area (Å²) in [6, 6.07) is 6.86. The van der Waals surface area contributed by atoms with Gasteiger partial charge in [-0.3, -0.25) is 9.59 Å². The number of anilines is 1. The first kappa shape index (κ1) is 24.2. The van der Waals surface area contributed by atoms with E-state index in [0.29, 0.717) is 5.56 Å². The van der Waals surface area contributed by atoms with E-state index >= 15 is 0 Å². The molecule has 2 aliphatic heterocycles. The summed E-state index contributed by atoms with van der Waals surface area (Å²) in [7, 11) is 1.22. The maximum Gasteiger partial charge on any atom is 0.470 e. The summed E-state index contributed by atoms with van der Waals surface area (Å²) in [5, 5.41) is 10.7. The van der Waals surface area contributed by atoms with E-state index in [4.69, 9.17) is 0 Å². The third-order valence-corrected chi connectivity index (χ3v) is 5.95. The van der Waals surface area contributed by atoms with Gasteiger partial charge in [0, 0.05) is 6.07 Å². The van der Waals surface area contributed by atoms with Gasteiger partial charge in [-0.15, -0.1) is 4.59 Å². The molecule has 2 aliphatic rings. The highest BCUT2D eigenvalue weighted by atomic mass is 19.4. The Hall–Kier alpha value is -3.93. The summed E-state index contributed by atoms with van der Waals surface area (Å²) in [5.74, 6) is -2.70. The Labute approximate surface area is 197 Å². The molecule has 1 aromatic heterocycles. The minimum Gasteiger partial charge on any atom is -0.320 e. The first-order valence-electron chi connectivity index (χ1n) is 10.5. The number of hydrogen-bond donors (Lipinski definition) is 2. The number of carbonyl (C=O) groups is 2. The van der Waals surface area contributed by atoms with Crippen LogP contribution in [-0.2, 0) is 4.79 Å². The lowest BCUT2D eigenvalue weighted by Crippen LogP contribution is -2.43. The summed E-state index contributed by atoms with van der Waals surface area (Å²) in [4.78, 5) is 28.5. The van der Waals surface area contributed by atoms with Crippen molar-refractivity contribution in [1.82, 2.24) is 15.0 Å². The Bertz CT molecular complexity index is 1310. The molecule has 0 fully saturated rings. The van der Waals surface area contributed by atoms with E-state index in [0.717, 1.165) is 6.07 Å². The van der Waals surface area contributed by atoms with Crippen LogP contribution in [0.15, 0.2) is 58.0 Å². The van der Waals surface area contributed by atoms with Gasteiger partial charge in [-0.1, -0.05) is 17.2 Å². The molecular weight excluding hydrogens is 468 g/mol. The van der Waals surface area contributed by atoms with Gasteiger partial charge in [0.05, 0.1) is 28.9 Å². The second kappa shape index (κ2) is 8.38. The van der Waals surface area contributed by atoms with Crippen molar-refractivity contribution in [3.8, 4) is 0 Å². The first-order chi connectivity index (χ1) is 16.3. The van der Waals surface area contributed by atoms with Crippen molar-refractivity contribution < 1.29 is 27.2 Å². The summed E-state index contributed by atoms with van der Waals surface area (Å²) < 4.78 is 55.5. The van der Waals surface area contributed by atoms with Crippen molar-refractivity contribution in [1.29, 1.82) is 0 Å². The number of alkyl halides is 3. The number of rotatable bonds is 4. The van der Waals surface area contributed by atoms with Crippen LogP contribution in [0.5, 0.6) is 0 Å². The van der Waals surface area contributed by atoms with Gasteiger partial charge in [0.25, 0.3) is 17.4 Å². The van der Waals surface area contributed by atoms with Crippen LogP contribution < -0.4 is 15.3 Å². The fourth-order valence-corrected chi connectivity index (χ4v) is 4.15. The van der Waals surface area contributed by atoms with Gasteiger partial charge < -0.3 is 5.32 Å². The predicted molar refractivity (Wildman–Crippen MR) is 122 cm³/mol. The van der Waals surface area contributed by atoms with Crippen molar-refractivity contribution in [3.63, 3.8) is 0 Å². The third-order valence-electron chi connectivity index (χ3n) is 5.95. The Morgan fingerprint density at radius 1 is 1.17 bits per heavy atom. The van der Waals surface area contributed by atoms with Gasteiger partial charge in [0.15, 0.2) is 5.71 Å². The SMILES string of the molecule is CC1=C(C(F)(F)F)[N+](C)(c2ccc(NC(=O)c3c(C)cccc3F)cn2)N=C1C1=NNC(=O)C1C. The molecule has 2 amide bonds. The standard InChI is InChI=1S/C23H20F4N6O2/c1-11-6-5-7-15(24)17(11)22(35)29-14-8-9-16(28-10-14)33(4)20(23(25,26)27)12(2)19(32-33)18-13(3)21(34)31-30-18/h5-10,13H,1-4H3,(H-,29,31,32,34,35)/p+1. The summed E-state index contributed by atoms with van der Waals surface area (Å²) >= 11 is 0. The molecule has 0 saturated carbocycles. The molecule has 0 spiro atoms. The molecule has 0 radical (unpaired) electrons. The van der Waals surface area contributed by atoms with Gasteiger partial charge >= 0.3 is 6.18 Å². The Morgan fingerprint density at radius 2 is 1.89 bits per heavy atom. The number of nitrogens with one attached hydrogen (secondary N) is 2. The molecule has 2 unspecified atom stereocenters. The number of allylic oxidation sites excluding steroid dienone is 2. The molecule has 0 bridgehead atoms. The van der Waals surface area contributed by atoms with E-state index in [-0.39, 0.29) is 34.1 Å². The second-order valence-electron chi connectivity index (χ2n) is 8.36. The molecule has 182 valence electrons. The predicted octanol–water partition coefficient (Wildman–Crippen LogP) is 4.05. The number of halogens is 4. The van der Waals surface area contributed by atoms with Crippen LogP contribution in [0.1, 0.15) is 29.8 Å². The fraction of sp³-hybridized carbons (Fsp3) is 0.261. The van der Waals surface area contributed by atoms with Gasteiger partial charge in [-0.2, -0.15) is 18.3 Å². The van der Waals surface area contributed by atoms with Gasteiger partial charge in [-0.25, -0.2) is 14.8 Å². The molecule has 35 heavy (non-hydrogen) atoms. The topological polar surface area (TPSA) is 95.8 Å². The van der Waals surface area contributed by atoms with Crippen LogP contribution in [0.25, 0.3) is 0 Å². The number of amides is 2. The number of hydrogen-bond acceptors (Lipinski definition) is 5. The van der Waals surface area contributed by atoms with Crippen molar-refractivity contribution in [3.05, 3.63) is 64.7 Å². The number of aromatic nitrogens is 1. The van der Waals surface area contributed by atoms with Crippen LogP contribution in [-0.4, -0.2) is 41.4 Å². The monoisotopic (exact) mass is 489 g/mol. The maximum atomic E-state index is 14.2. The first-order valence-corrected chi connectivity index (χ1v) is 10.5. The average Bonchev–Trinajstić information content (AvgIpc) is 3.24. The smallest absolute Gasteiger partial charge is 0.320 e. The molecule has 4 rings (SSSR count). The lowest BCUT2D eigenvalue weighted by atomic mass is 9.97. The number of aryl methyl sites for hydroxylation is 1. The lowest BCUT2D eigenvalue weighted by Gasteiger charge is -2.26. The van der Waals surface area contributed by atoms with Crippen molar-refractivity contribution >= 4 is 34.7 Å². The number of hydrazone groups is 1. The van der Waals surface area contributed by atoms with Crippen molar-refractivity contribution in [2.75, 3.05) is 12.4 Å². The number of pyridine rings is 1. The fourth-order valence-electron chi connectivity index (χ4n) is 4.15. The highest BCUT2D eigenvalue weighted by Crippen LogP contribution is 2.43. The summed E-state index contributed by atoms with van der Waals surface area (Å²) in [5.41, 5.74) is 1.63. The number of nitrogens with zero attached hydrogens (tertiary/aromatic N) is 4. The van der Waals surface area contributed by atoms with Gasteiger partial charge in [0.2, 0.25) is 5.91 Å². The van der Waals surface area contributed by atoms with E-state index in [9.17, 15) is 27.2 Å². The van der Waals surface area contributed by atoms with Gasteiger partial charge in [-0.05, 0) is 38.5 Å². The Kier molecular flexibility index (Phi) is 5.79. The second-order valence-corrected chi connectivity index (χ2v) is 8.36. The van der Waals surface area contributed by atoms with Gasteiger partial charge in [0.1, 0.15) is 18.6 Å². The molecule has 1 aromatic carbocycles. The summed E-state index contributed by atoms with van der Waals surface area (Å²) in [6.45, 7) is 4.38. The zero-order valence-electron chi connectivity index (χ0n) is 19.2. The van der Waals surface area contributed by atoms with Crippen LogP contribution in [0, 0.1) is 18.7 Å². The average molecular weight is 489 g/mol. The normalized spacial score (nSPS) is 22.2. The highest BCUT2D eigenvalue weighted by molar-refractivity contribution is 6.52. The molecule has 0 aliphatic carbocycles. The zero-order valence-corrected chi connectivity index (χ0v) is 19.2. The minimum absolute atomic E-state index is 0.0418. The molecule has 2 aromatic rings. The molecule has 2 atom stereocenters. The van der Waals surface area contributed by atoms with E-state index in [1.165, 1.54) is 45.3 Å². The lowest BCUT2D eigenvalue weighted by molar-refractivity contribution is -0.121. The van der Waals surface area contributed by atoms with Crippen LogP contribution >= 0.6 is 0 Å². The van der Waals surface area contributed by atoms with Crippen molar-refractivity contribution in [2.45, 2.75) is 26.9 Å². The number of quaternary nitrogens is 1. The summed E-state index contributed by atoms with van der Waals surface area (Å²) in [6.07, 6.45) is -3.59. The largest absolute Gasteiger partial charge is 0.470 e. The Balaban J connectivity index is 1.69. The van der Waals surface area contributed by atoms with Crippen LogP contribution in [0.3, 0.4) is 0 Å². The van der Waals surface area contributed by atoms with E-state index < -0.39 is 40.0 Å². The van der Waals surface area contributed by atoms with Crippen LogP contribution in [0.4, 0.5) is 29.1 Å². The molecule has 2 N–H and O–H groups in total. The molecule has 8 nitrogen and oxygen atoms in total. The molecule has 0 saturated heterocycles. The van der Waals surface area contributed by atoms with Crippen molar-refractivity contribution in [2.24, 2.45) is 16.1 Å². The zero-order chi connectivity index (χ0) is 25.7. The quantitative estimate of drug-likeness (QED) is 0.501. The maximum absolute atomic E-state index is 14.2. The van der Waals surface area contributed by atoms with E-state index in [2.05, 4.69) is 25.9 Å². The Morgan fingerprint density at radius 3 is 2.43 bits per heavy atom. The van der Waals surface area contributed by atoms with E-state index in [1.807, 2.05) is 0 Å². The highest BCUT2D eigenvalue weighted by Gasteiger charge is 2.57. The molecular formula is C23H21F4N6O2+. The number of benzene rings is 1. The minimum atomic E-state index is -4.76.